The molecule has 0 aromatic carbocycles. The third kappa shape index (κ3) is 19.9. The normalized spacial score (nSPS) is 38.6. The molecule has 6 aliphatic rings. The molecule has 4 saturated heterocycles. The third-order valence-electron chi connectivity index (χ3n) is 15.9. The van der Waals surface area contributed by atoms with Gasteiger partial charge in [-0.1, -0.05) is 20.8 Å². The van der Waals surface area contributed by atoms with Gasteiger partial charge in [-0.15, -0.1) is 0 Å². The summed E-state index contributed by atoms with van der Waals surface area (Å²) in [4.78, 5) is 64.7. The molecule has 45 heteroatoms. The van der Waals surface area contributed by atoms with Crippen LogP contribution in [0.1, 0.15) is 52.9 Å². The van der Waals surface area contributed by atoms with Crippen molar-refractivity contribution in [1.29, 1.82) is 0 Å². The van der Waals surface area contributed by atoms with Crippen LogP contribution >= 0.6 is 0 Å². The summed E-state index contributed by atoms with van der Waals surface area (Å²) in [6.45, 7) is 0.230. The average Bonchev–Trinajstić information content (AvgIpc) is 1.22. The van der Waals surface area contributed by atoms with Crippen LogP contribution in [0.15, 0.2) is 12.2 Å². The molecule has 0 aromatic rings. The van der Waals surface area contributed by atoms with Crippen molar-refractivity contribution in [2.75, 3.05) is 40.1 Å². The minimum atomic E-state index is -5.82. The van der Waals surface area contributed by atoms with Crippen LogP contribution in [-0.4, -0.2) is 297 Å². The number of ether oxygens (including phenoxy) is 9. The number of methoxy groups -OCH3 is 1. The number of aliphatic hydroxyl groups excluding tert-OH is 6. The van der Waals surface area contributed by atoms with E-state index in [4.69, 9.17) is 56.7 Å². The summed E-state index contributed by atoms with van der Waals surface area (Å²) in [6, 6.07) is -5.45. The Bertz CT molecular complexity index is 3010. The van der Waals surface area contributed by atoms with Gasteiger partial charge in [0.25, 0.3) is 17.7 Å². The molecule has 17 N–H and O–H groups in total. The predicted molar refractivity (Wildman–Crippen MR) is 291 cm³/mol. The summed E-state index contributed by atoms with van der Waals surface area (Å²) in [7, 11) is -20.8. The van der Waals surface area contributed by atoms with E-state index in [9.17, 15) is 112 Å². The van der Waals surface area contributed by atoms with Crippen LogP contribution < -0.4 is 26.0 Å². The van der Waals surface area contributed by atoms with Gasteiger partial charge < -0.3 is 84.1 Å². The fraction of sp³-hybridized carbons (Fsp3) is 0.848. The molecule has 0 bridgehead atoms. The van der Waals surface area contributed by atoms with Crippen LogP contribution in [0.5, 0.6) is 0 Å². The number of nitrogens with two attached hydrogens (primary N) is 1. The zero-order valence-corrected chi connectivity index (χ0v) is 51.8. The quantitative estimate of drug-likeness (QED) is 0.0188. The Labute approximate surface area is 520 Å². The van der Waals surface area contributed by atoms with Crippen molar-refractivity contribution in [1.82, 2.24) is 25.2 Å². The van der Waals surface area contributed by atoms with Gasteiger partial charge in [0.05, 0.1) is 87.1 Å². The zero-order valence-electron chi connectivity index (χ0n) is 48.5. The molecule has 91 heavy (non-hydrogen) atoms. The minimum Gasteiger partial charge on any atom is -0.481 e. The first kappa shape index (κ1) is 76.2. The van der Waals surface area contributed by atoms with Crippen molar-refractivity contribution >= 4 is 71.0 Å². The number of aliphatic carboxylic acids is 1. The second-order valence-corrected chi connectivity index (χ2v) is 26.3. The third-order valence-corrected chi connectivity index (χ3v) is 18.0. The molecule has 5 heterocycles. The van der Waals surface area contributed by atoms with Crippen LogP contribution in [0.25, 0.3) is 0 Å². The maximum Gasteiger partial charge on any atom is 0.397 e. The highest BCUT2D eigenvalue weighted by Crippen LogP contribution is 2.40. The van der Waals surface area contributed by atoms with Crippen LogP contribution in [-0.2, 0) is 116 Å². The van der Waals surface area contributed by atoms with Gasteiger partial charge in [-0.2, -0.15) is 43.1 Å². The number of carboxylic acids is 1. The van der Waals surface area contributed by atoms with E-state index in [0.29, 0.717) is 4.90 Å². The molecule has 0 spiro atoms. The molecule has 4 amide bonds. The lowest BCUT2D eigenvalue weighted by Crippen LogP contribution is -2.68. The summed E-state index contributed by atoms with van der Waals surface area (Å²) in [6.07, 6.45) is -35.4. The molecular formula is C46H76N6O35S4. The van der Waals surface area contributed by atoms with Gasteiger partial charge >= 0.3 is 47.4 Å². The summed E-state index contributed by atoms with van der Waals surface area (Å²) < 4.78 is 203. The Morgan fingerprint density at radius 1 is 0.593 bits per heavy atom. The van der Waals surface area contributed by atoms with E-state index in [1.165, 1.54) is 21.0 Å². The van der Waals surface area contributed by atoms with Crippen molar-refractivity contribution in [3.8, 4) is 0 Å². The monoisotopic (exact) mass is 1400 g/mol. The maximum absolute atomic E-state index is 14.1. The second kappa shape index (κ2) is 31.8. The second-order valence-electron chi connectivity index (χ2n) is 21.9. The fourth-order valence-electron chi connectivity index (χ4n) is 11.5. The molecule has 0 radical (unpaired) electrons. The molecule has 5 fully saturated rings. The van der Waals surface area contributed by atoms with E-state index in [1.807, 2.05) is 10.9 Å². The first-order chi connectivity index (χ1) is 42.3. The lowest BCUT2D eigenvalue weighted by molar-refractivity contribution is -0.323. The smallest absolute Gasteiger partial charge is 0.397 e. The molecular weight excluding hydrogens is 1320 g/mol. The average molecular weight is 1400 g/mol. The number of nitrogens with zero attached hydrogens (tertiary/aromatic N) is 1. The van der Waals surface area contributed by atoms with E-state index in [0.717, 1.165) is 12.2 Å². The zero-order chi connectivity index (χ0) is 68.0. The first-order valence-electron chi connectivity index (χ1n) is 27.9. The molecule has 25 unspecified atom stereocenters. The number of imide groups is 1. The van der Waals surface area contributed by atoms with Gasteiger partial charge in [0.2, 0.25) is 5.91 Å². The van der Waals surface area contributed by atoms with Gasteiger partial charge in [-0.3, -0.25) is 57.9 Å². The van der Waals surface area contributed by atoms with E-state index < -0.39 is 269 Å². The SMILES string of the molecule is CCC1OC(COCC2C(C(=O)NNC(=O)CCN3C(=O)C=CC3=O)OC(OC3C(CC)OC(COCC4C(C(=O)O)CC(OC5C(CC)OC(OC)C(N)C5O)C(OS(=O)(=O)O)C4O)C(NS(=O)(=O)O)C3OS(=O)(=O)O)C(O)C2O)C(NS(=O)(=O)O)C(O)C1O. The lowest BCUT2D eigenvalue weighted by Gasteiger charge is -2.49. The Morgan fingerprint density at radius 2 is 1.12 bits per heavy atom. The van der Waals surface area contributed by atoms with Gasteiger partial charge in [-0.05, 0) is 25.7 Å². The number of nitrogens with one attached hydrogen (secondary N) is 4. The number of carboxylic acid groups (broad SMARTS) is 1. The topological polar surface area (TPSA) is 623 Å². The highest BCUT2D eigenvalue weighted by Gasteiger charge is 2.57. The number of rotatable bonds is 29. The van der Waals surface area contributed by atoms with Crippen molar-refractivity contribution < 1.29 is 163 Å². The summed E-state index contributed by atoms with van der Waals surface area (Å²) in [5.41, 5.74) is 10.0. The van der Waals surface area contributed by atoms with Crippen molar-refractivity contribution in [2.24, 2.45) is 23.5 Å². The number of carbonyl (C=O) groups is 5. The largest absolute Gasteiger partial charge is 0.481 e. The van der Waals surface area contributed by atoms with E-state index in [2.05, 4.69) is 0 Å². The molecule has 524 valence electrons. The van der Waals surface area contributed by atoms with E-state index in [-0.39, 0.29) is 19.3 Å². The molecule has 5 aliphatic heterocycles. The van der Waals surface area contributed by atoms with Crippen LogP contribution in [0, 0.1) is 17.8 Å². The number of hydrazine groups is 1. The molecule has 1 saturated carbocycles. The minimum absolute atomic E-state index is 0.0326. The Hall–Kier alpha value is -3.87. The standard InChI is InChI=1S/C46H76N6O35S4/c1-5-20-34(58)36(60)30(50-88(65,66)67)24(80-20)15-79-14-19-32(56)37(61)46(84-38(19)43(62)49-48-26(53)10-11-52-27(54)8-9-28(52)55)85-41-22(7-3)81-25(31(51-89(68,69)70)42(41)87-91(74,75)76)16-78-13-18-17(44(63)64)12-23(40(33(18)57)86-90(71,72)73)82-39-21(6-2)83-45(77-4)29(47)35(39)59/h8-9,17-25,29-42,45-46,50-51,56-61H,5-7,10-16,47H2,1-4H3,(H,48,53)(H,49,62)(H,63,64)(H,65,66,67)(H,68,69,70)(H,71,72,73)(H,74,75,76). The summed E-state index contributed by atoms with van der Waals surface area (Å²) in [5.74, 6) is -11.0. The Morgan fingerprint density at radius 3 is 1.66 bits per heavy atom. The fourth-order valence-corrected chi connectivity index (χ4v) is 13.8. The van der Waals surface area contributed by atoms with Crippen LogP contribution in [0.3, 0.4) is 0 Å². The van der Waals surface area contributed by atoms with Crippen LogP contribution in [0.2, 0.25) is 0 Å². The number of hydrogen-bond donors (Lipinski definition) is 16. The number of carbonyl (C=O) groups excluding carboxylic acids is 4. The Kier molecular flexibility index (Phi) is 26.6. The Balaban J connectivity index is 1.26. The first-order valence-corrected chi connectivity index (χ1v) is 33.5. The molecule has 25 atom stereocenters. The highest BCUT2D eigenvalue weighted by molar-refractivity contribution is 7.84. The highest BCUT2D eigenvalue weighted by atomic mass is 32.3. The van der Waals surface area contributed by atoms with Gasteiger partial charge in [-0.25, -0.2) is 8.37 Å². The summed E-state index contributed by atoms with van der Waals surface area (Å²) in [5, 5.41) is 78.1. The number of amides is 4. The lowest BCUT2D eigenvalue weighted by atomic mass is 9.74. The number of aliphatic hydroxyl groups is 6. The van der Waals surface area contributed by atoms with Gasteiger partial charge in [0.1, 0.15) is 67.1 Å². The van der Waals surface area contributed by atoms with E-state index >= 15 is 0 Å². The summed E-state index contributed by atoms with van der Waals surface area (Å²) >= 11 is 0. The number of hydrogen-bond acceptors (Lipinski definition) is 31. The molecule has 0 aromatic heterocycles. The van der Waals surface area contributed by atoms with Crippen molar-refractivity contribution in [2.45, 2.75) is 187 Å². The molecule has 1 aliphatic carbocycles. The maximum atomic E-state index is 14.1. The van der Waals surface area contributed by atoms with Crippen LogP contribution in [0.4, 0.5) is 0 Å². The molecule has 6 rings (SSSR count). The van der Waals surface area contributed by atoms with Crippen molar-refractivity contribution in [3.05, 3.63) is 12.2 Å². The predicted octanol–water partition coefficient (Wildman–Crippen LogP) is -8.79. The molecule has 41 nitrogen and oxygen atoms in total. The van der Waals surface area contributed by atoms with Gasteiger partial charge in [0.15, 0.2) is 12.6 Å². The van der Waals surface area contributed by atoms with E-state index in [1.54, 1.807) is 16.4 Å². The van der Waals surface area contributed by atoms with Crippen molar-refractivity contribution in [3.63, 3.8) is 0 Å². The van der Waals surface area contributed by atoms with Gasteiger partial charge in [0, 0.05) is 44.1 Å².